The summed E-state index contributed by atoms with van der Waals surface area (Å²) >= 11 is 0. The topological polar surface area (TPSA) is 9.23 Å². The van der Waals surface area contributed by atoms with Gasteiger partial charge in [0.25, 0.3) is 0 Å². The van der Waals surface area contributed by atoms with Crippen LogP contribution in [0.4, 0.5) is 0 Å². The Kier molecular flexibility index (Phi) is 7.42. The summed E-state index contributed by atoms with van der Waals surface area (Å²) in [6.07, 6.45) is 7.03. The molecular weight excluding hydrogens is 336 g/mol. The third-order valence-electron chi connectivity index (χ3n) is 4.37. The summed E-state index contributed by atoms with van der Waals surface area (Å²) in [6, 6.07) is 19.0. The predicted molar refractivity (Wildman–Crippen MR) is 115 cm³/mol. The summed E-state index contributed by atoms with van der Waals surface area (Å²) in [5, 5.41) is 2.79. The maximum absolute atomic E-state index is 6.89. The molecule has 0 bridgehead atoms. The zero-order valence-corrected chi connectivity index (χ0v) is 18.3. The number of unbranched alkanes of at least 4 members (excludes halogenated alkanes) is 1. The molecule has 0 spiro atoms. The van der Waals surface area contributed by atoms with Crippen LogP contribution in [0, 0.1) is 13.8 Å². The van der Waals surface area contributed by atoms with Gasteiger partial charge in [0, 0.05) is 0 Å². The van der Waals surface area contributed by atoms with Gasteiger partial charge in [-0.2, -0.15) is 0 Å². The lowest BCUT2D eigenvalue weighted by Gasteiger charge is -2.34. The third-order valence-corrected chi connectivity index (χ3v) is 10.7. The maximum Gasteiger partial charge on any atom is 0.248 e. The molecule has 0 saturated carbocycles. The van der Waals surface area contributed by atoms with Gasteiger partial charge in [-0.05, 0) is 49.8 Å². The monoisotopic (exact) mass is 367 g/mol. The maximum atomic E-state index is 6.89. The Morgan fingerprint density at radius 1 is 0.920 bits per heavy atom. The van der Waals surface area contributed by atoms with Gasteiger partial charge in [-0.15, -0.1) is 0 Å². The Balaban J connectivity index is 2.60. The number of benzene rings is 2. The average Bonchev–Trinajstić information content (AvgIpc) is 2.57. The van der Waals surface area contributed by atoms with E-state index in [1.165, 1.54) is 27.9 Å². The lowest BCUT2D eigenvalue weighted by atomic mass is 10.2. The molecule has 133 valence electrons. The first-order valence-electron chi connectivity index (χ1n) is 9.26. The van der Waals surface area contributed by atoms with Gasteiger partial charge in [0.1, 0.15) is 0 Å². The normalized spacial score (nSPS) is 12.2. The summed E-state index contributed by atoms with van der Waals surface area (Å²) in [7, 11) is -3.09. The molecule has 3 heteroatoms. The van der Waals surface area contributed by atoms with E-state index in [4.69, 9.17) is 4.12 Å². The van der Waals surface area contributed by atoms with E-state index in [2.05, 4.69) is 94.5 Å². The Morgan fingerprint density at radius 2 is 1.48 bits per heavy atom. The van der Waals surface area contributed by atoms with Crippen LogP contribution < -0.4 is 10.4 Å². The van der Waals surface area contributed by atoms with Crippen molar-refractivity contribution in [1.82, 2.24) is 0 Å². The van der Waals surface area contributed by atoms with Crippen LogP contribution in [0.3, 0.4) is 0 Å². The van der Waals surface area contributed by atoms with Crippen molar-refractivity contribution in [3.63, 3.8) is 0 Å². The van der Waals surface area contributed by atoms with Crippen molar-refractivity contribution in [2.75, 3.05) is 0 Å². The largest absolute Gasteiger partial charge is 0.449 e. The molecule has 0 unspecified atom stereocenters. The van der Waals surface area contributed by atoms with Gasteiger partial charge < -0.3 is 4.12 Å². The van der Waals surface area contributed by atoms with Crippen molar-refractivity contribution in [2.24, 2.45) is 0 Å². The molecular formula is C22H31OSi2. The smallest absolute Gasteiger partial charge is 0.248 e. The summed E-state index contributed by atoms with van der Waals surface area (Å²) in [5.74, 6) is 0. The second-order valence-corrected chi connectivity index (χ2v) is 12.9. The molecule has 0 aliphatic carbocycles. The number of rotatable bonds is 8. The fourth-order valence-corrected chi connectivity index (χ4v) is 10.3. The van der Waals surface area contributed by atoms with Gasteiger partial charge in [0.05, 0.1) is 0 Å². The third kappa shape index (κ3) is 5.27. The number of hydrogen-bond acceptors (Lipinski definition) is 1. The average molecular weight is 368 g/mol. The first-order chi connectivity index (χ1) is 12.0. The Bertz CT molecular complexity index is 661. The van der Waals surface area contributed by atoms with Crippen molar-refractivity contribution in [3.8, 4) is 0 Å². The molecule has 0 aromatic heterocycles. The highest BCUT2D eigenvalue weighted by Crippen LogP contribution is 2.18. The molecule has 2 rings (SSSR count). The van der Waals surface area contributed by atoms with Crippen LogP contribution in [0.25, 0.3) is 0 Å². The van der Waals surface area contributed by atoms with Crippen LogP contribution in [-0.2, 0) is 4.12 Å². The van der Waals surface area contributed by atoms with Crippen LogP contribution in [-0.4, -0.2) is 17.4 Å². The van der Waals surface area contributed by atoms with E-state index in [0.29, 0.717) is 0 Å². The highest BCUT2D eigenvalue weighted by Gasteiger charge is 2.39. The first kappa shape index (κ1) is 19.9. The molecule has 0 fully saturated rings. The van der Waals surface area contributed by atoms with Gasteiger partial charge in [0.2, 0.25) is 8.32 Å². The van der Waals surface area contributed by atoms with Crippen molar-refractivity contribution >= 4 is 27.7 Å². The van der Waals surface area contributed by atoms with E-state index >= 15 is 0 Å². The van der Waals surface area contributed by atoms with Gasteiger partial charge in [0.15, 0.2) is 9.04 Å². The van der Waals surface area contributed by atoms with E-state index in [1.54, 1.807) is 0 Å². The second kappa shape index (κ2) is 9.32. The SMILES string of the molecule is CCCC=CC[Si](O[Si](C)C)(c1cccc(C)c1)c1cccc(C)c1. The summed E-state index contributed by atoms with van der Waals surface area (Å²) < 4.78 is 6.89. The van der Waals surface area contributed by atoms with Crippen LogP contribution in [0.2, 0.25) is 19.1 Å². The molecule has 0 saturated heterocycles. The molecule has 2 aromatic rings. The Morgan fingerprint density at radius 3 is 1.92 bits per heavy atom. The van der Waals surface area contributed by atoms with E-state index < -0.39 is 17.4 Å². The number of aryl methyl sites for hydroxylation is 2. The molecule has 0 heterocycles. The quantitative estimate of drug-likeness (QED) is 0.472. The molecule has 0 atom stereocenters. The van der Waals surface area contributed by atoms with Crippen LogP contribution in [0.15, 0.2) is 60.7 Å². The van der Waals surface area contributed by atoms with Gasteiger partial charge in [-0.1, -0.05) is 85.2 Å². The van der Waals surface area contributed by atoms with Gasteiger partial charge in [-0.25, -0.2) is 0 Å². The van der Waals surface area contributed by atoms with Crippen molar-refractivity contribution in [1.29, 1.82) is 0 Å². The zero-order chi connectivity index (χ0) is 18.3. The first-order valence-corrected chi connectivity index (χ1v) is 13.8. The molecule has 1 radical (unpaired) electrons. The minimum Gasteiger partial charge on any atom is -0.449 e. The predicted octanol–water partition coefficient (Wildman–Crippen LogP) is 4.99. The van der Waals surface area contributed by atoms with E-state index in [9.17, 15) is 0 Å². The van der Waals surface area contributed by atoms with Crippen molar-refractivity contribution < 1.29 is 4.12 Å². The second-order valence-electron chi connectivity index (χ2n) is 7.04. The molecule has 1 nitrogen and oxygen atoms in total. The molecule has 0 amide bonds. The standard InChI is InChI=1S/C22H31OSi2/c1-6-7-8-9-16-25(23-24(4)5,21-14-10-12-19(2)17-21)22-15-11-13-20(3)18-22/h8-15,17-18H,6-7,16H2,1-5H3. The summed E-state index contributed by atoms with van der Waals surface area (Å²) in [6.45, 7) is 11.1. The lowest BCUT2D eigenvalue weighted by Crippen LogP contribution is -2.62. The van der Waals surface area contributed by atoms with Crippen molar-refractivity contribution in [2.45, 2.75) is 52.8 Å². The van der Waals surface area contributed by atoms with Gasteiger partial charge in [-0.3, -0.25) is 0 Å². The zero-order valence-electron chi connectivity index (χ0n) is 16.3. The van der Waals surface area contributed by atoms with E-state index in [1.807, 2.05) is 0 Å². The van der Waals surface area contributed by atoms with Crippen LogP contribution in [0.1, 0.15) is 30.9 Å². The lowest BCUT2D eigenvalue weighted by molar-refractivity contribution is 0.592. The molecule has 0 N–H and O–H groups in total. The molecule has 2 aromatic carbocycles. The van der Waals surface area contributed by atoms with Crippen molar-refractivity contribution in [3.05, 3.63) is 71.8 Å². The highest BCUT2D eigenvalue weighted by atomic mass is 28.4. The molecule has 25 heavy (non-hydrogen) atoms. The van der Waals surface area contributed by atoms with Crippen LogP contribution >= 0.6 is 0 Å². The molecule has 0 aliphatic rings. The van der Waals surface area contributed by atoms with Crippen LogP contribution in [0.5, 0.6) is 0 Å². The van der Waals surface area contributed by atoms with E-state index in [0.717, 1.165) is 12.5 Å². The Hall–Kier alpha value is -1.43. The highest BCUT2D eigenvalue weighted by molar-refractivity contribution is 7.00. The fourth-order valence-electron chi connectivity index (χ4n) is 3.24. The van der Waals surface area contributed by atoms with Gasteiger partial charge >= 0.3 is 0 Å². The number of allylic oxidation sites excluding steroid dienone is 2. The van der Waals surface area contributed by atoms with E-state index in [-0.39, 0.29) is 0 Å². The Labute approximate surface area is 156 Å². The summed E-state index contributed by atoms with van der Waals surface area (Å²) in [5.41, 5.74) is 2.62. The minimum absolute atomic E-state index is 0.824. The molecule has 0 aliphatic heterocycles. The number of hydrogen-bond donors (Lipinski definition) is 0. The minimum atomic E-state index is -2.27. The fraction of sp³-hybridized carbons (Fsp3) is 0.364. The summed E-state index contributed by atoms with van der Waals surface area (Å²) in [4.78, 5) is 0.